The number of carbonyl (C=O) groups is 1. The molecule has 0 saturated heterocycles. The van der Waals surface area contributed by atoms with E-state index in [1.807, 2.05) is 47.4 Å². The molecule has 1 aliphatic rings. The lowest BCUT2D eigenvalue weighted by Crippen LogP contribution is -2.44. The van der Waals surface area contributed by atoms with Gasteiger partial charge in [0.15, 0.2) is 11.5 Å². The van der Waals surface area contributed by atoms with E-state index >= 15 is 0 Å². The van der Waals surface area contributed by atoms with Crippen molar-refractivity contribution in [2.24, 2.45) is 5.73 Å². The summed E-state index contributed by atoms with van der Waals surface area (Å²) in [6, 6.07) is 16.0. The molecule has 0 aromatic heterocycles. The highest BCUT2D eigenvalue weighted by atomic mass is 19.1. The molecule has 1 unspecified atom stereocenters. The third kappa shape index (κ3) is 4.61. The summed E-state index contributed by atoms with van der Waals surface area (Å²) in [6.45, 7) is 0.551. The number of benzene rings is 3. The Kier molecular flexibility index (Phi) is 7.12. The van der Waals surface area contributed by atoms with Gasteiger partial charge in [0, 0.05) is 18.2 Å². The molecule has 2 atom stereocenters. The van der Waals surface area contributed by atoms with Gasteiger partial charge in [-0.25, -0.2) is 8.78 Å². The second-order valence-electron chi connectivity index (χ2n) is 8.36. The fourth-order valence-corrected chi connectivity index (χ4v) is 4.88. The number of amides is 1. The van der Waals surface area contributed by atoms with Gasteiger partial charge in [0.2, 0.25) is 5.91 Å². The molecule has 3 aromatic rings. The number of nitrogens with zero attached hydrogens (tertiary/aromatic N) is 1. The van der Waals surface area contributed by atoms with Crippen LogP contribution in [0.3, 0.4) is 0 Å². The number of hydrogen-bond donors (Lipinski definition) is 1. The molecule has 0 saturated carbocycles. The summed E-state index contributed by atoms with van der Waals surface area (Å²) < 4.78 is 39.8. The van der Waals surface area contributed by atoms with Crippen molar-refractivity contribution in [2.75, 3.05) is 20.8 Å². The lowest BCUT2D eigenvalue weighted by molar-refractivity contribution is -0.124. The molecule has 0 aliphatic carbocycles. The molecule has 4 rings (SSSR count). The minimum absolute atomic E-state index is 0.0328. The Morgan fingerprint density at radius 1 is 1.03 bits per heavy atom. The van der Waals surface area contributed by atoms with Crippen LogP contribution in [0.5, 0.6) is 11.5 Å². The van der Waals surface area contributed by atoms with Gasteiger partial charge >= 0.3 is 0 Å². The summed E-state index contributed by atoms with van der Waals surface area (Å²) in [5, 5.41) is 0. The van der Waals surface area contributed by atoms with Gasteiger partial charge in [-0.2, -0.15) is 0 Å². The first-order chi connectivity index (χ1) is 16.4. The maximum Gasteiger partial charge on any atom is 0.239 e. The molecule has 3 aromatic carbocycles. The average Bonchev–Trinajstić information content (AvgIpc) is 2.84. The van der Waals surface area contributed by atoms with Crippen molar-refractivity contribution in [1.82, 2.24) is 4.90 Å². The highest BCUT2D eigenvalue weighted by Gasteiger charge is 2.36. The zero-order valence-electron chi connectivity index (χ0n) is 19.3. The van der Waals surface area contributed by atoms with Crippen LogP contribution in [0.25, 0.3) is 0 Å². The quantitative estimate of drug-likeness (QED) is 0.521. The minimum Gasteiger partial charge on any atom is -0.493 e. The van der Waals surface area contributed by atoms with E-state index < -0.39 is 23.6 Å². The van der Waals surface area contributed by atoms with E-state index in [1.54, 1.807) is 14.2 Å². The lowest BCUT2D eigenvalue weighted by Gasteiger charge is -2.41. The SMILES string of the molecule is COc1cc2c(cc1OC)[C@H](CCc1c(F)cccc1F)N(C(C(N)=O)c1ccccc1)CC2. The van der Waals surface area contributed by atoms with Gasteiger partial charge in [-0.15, -0.1) is 0 Å². The number of carbonyl (C=O) groups excluding carboxylic acids is 1. The predicted octanol–water partition coefficient (Wildman–Crippen LogP) is 4.74. The summed E-state index contributed by atoms with van der Waals surface area (Å²) in [7, 11) is 3.14. The lowest BCUT2D eigenvalue weighted by atomic mass is 9.86. The molecular weight excluding hydrogens is 438 g/mol. The Bertz CT molecular complexity index is 1150. The standard InChI is InChI=1S/C27H28F2N2O3/c1-33-24-15-18-13-14-31(26(27(30)32)17-7-4-3-5-8-17)23(20(18)16-25(24)34-2)12-11-19-21(28)9-6-10-22(19)29/h3-10,15-16,23,26H,11-14H2,1-2H3,(H2,30,32)/t23-,26?/m0/s1. The molecule has 34 heavy (non-hydrogen) atoms. The second-order valence-corrected chi connectivity index (χ2v) is 8.36. The Labute approximate surface area is 198 Å². The van der Waals surface area contributed by atoms with Gasteiger partial charge in [0.25, 0.3) is 0 Å². The Morgan fingerprint density at radius 2 is 1.68 bits per heavy atom. The van der Waals surface area contributed by atoms with Crippen LogP contribution in [0.2, 0.25) is 0 Å². The van der Waals surface area contributed by atoms with Gasteiger partial charge < -0.3 is 15.2 Å². The normalized spacial score (nSPS) is 16.5. The number of nitrogens with two attached hydrogens (primary N) is 1. The van der Waals surface area contributed by atoms with Gasteiger partial charge in [0.05, 0.1) is 14.2 Å². The van der Waals surface area contributed by atoms with Crippen LogP contribution in [-0.4, -0.2) is 31.6 Å². The van der Waals surface area contributed by atoms with Crippen LogP contribution in [0.15, 0.2) is 60.7 Å². The first-order valence-electron chi connectivity index (χ1n) is 11.2. The van der Waals surface area contributed by atoms with E-state index in [-0.39, 0.29) is 18.0 Å². The Morgan fingerprint density at radius 3 is 2.29 bits per heavy atom. The van der Waals surface area contributed by atoms with E-state index in [9.17, 15) is 13.6 Å². The highest BCUT2D eigenvalue weighted by molar-refractivity contribution is 5.81. The summed E-state index contributed by atoms with van der Waals surface area (Å²) in [4.78, 5) is 14.7. The smallest absolute Gasteiger partial charge is 0.239 e. The molecule has 2 N–H and O–H groups in total. The van der Waals surface area contributed by atoms with Crippen molar-refractivity contribution in [2.45, 2.75) is 31.3 Å². The van der Waals surface area contributed by atoms with E-state index in [4.69, 9.17) is 15.2 Å². The van der Waals surface area contributed by atoms with Crippen molar-refractivity contribution in [3.8, 4) is 11.5 Å². The van der Waals surface area contributed by atoms with Gasteiger partial charge in [-0.3, -0.25) is 9.69 Å². The molecule has 0 bridgehead atoms. The number of methoxy groups -OCH3 is 2. The van der Waals surface area contributed by atoms with Crippen molar-refractivity contribution in [1.29, 1.82) is 0 Å². The predicted molar refractivity (Wildman–Crippen MR) is 126 cm³/mol. The number of hydrogen-bond acceptors (Lipinski definition) is 4. The summed E-state index contributed by atoms with van der Waals surface area (Å²) in [6.07, 6.45) is 1.21. The molecule has 1 amide bonds. The van der Waals surface area contributed by atoms with Crippen molar-refractivity contribution < 1.29 is 23.0 Å². The first kappa shape index (κ1) is 23.7. The molecule has 0 radical (unpaired) electrons. The van der Waals surface area contributed by atoms with Crippen LogP contribution in [0, 0.1) is 11.6 Å². The van der Waals surface area contributed by atoms with E-state index in [0.717, 1.165) is 16.7 Å². The molecule has 1 heterocycles. The maximum absolute atomic E-state index is 14.4. The molecule has 5 nitrogen and oxygen atoms in total. The average molecular weight is 467 g/mol. The van der Waals surface area contributed by atoms with E-state index in [2.05, 4.69) is 0 Å². The topological polar surface area (TPSA) is 64.8 Å². The van der Waals surface area contributed by atoms with Crippen LogP contribution in [-0.2, 0) is 17.6 Å². The maximum atomic E-state index is 14.4. The number of fused-ring (bicyclic) bond motifs is 1. The Balaban J connectivity index is 1.78. The summed E-state index contributed by atoms with van der Waals surface area (Å²) in [5.74, 6) is -0.463. The summed E-state index contributed by atoms with van der Waals surface area (Å²) in [5.41, 5.74) is 8.68. The third-order valence-electron chi connectivity index (χ3n) is 6.49. The zero-order chi connectivity index (χ0) is 24.2. The molecule has 7 heteroatoms. The highest BCUT2D eigenvalue weighted by Crippen LogP contribution is 2.43. The number of rotatable bonds is 8. The monoisotopic (exact) mass is 466 g/mol. The van der Waals surface area contributed by atoms with Crippen molar-refractivity contribution in [3.63, 3.8) is 0 Å². The molecule has 0 spiro atoms. The van der Waals surface area contributed by atoms with Crippen molar-refractivity contribution in [3.05, 3.63) is 94.6 Å². The van der Waals surface area contributed by atoms with Gasteiger partial charge in [0.1, 0.15) is 17.7 Å². The van der Waals surface area contributed by atoms with Crippen LogP contribution >= 0.6 is 0 Å². The fourth-order valence-electron chi connectivity index (χ4n) is 4.88. The van der Waals surface area contributed by atoms with Crippen molar-refractivity contribution >= 4 is 5.91 Å². The molecule has 0 fully saturated rings. The van der Waals surface area contributed by atoms with Gasteiger partial charge in [-0.05, 0) is 60.2 Å². The number of ether oxygens (including phenoxy) is 2. The molecule has 1 aliphatic heterocycles. The van der Waals surface area contributed by atoms with Crippen LogP contribution in [0.4, 0.5) is 8.78 Å². The summed E-state index contributed by atoms with van der Waals surface area (Å²) >= 11 is 0. The first-order valence-corrected chi connectivity index (χ1v) is 11.2. The fraction of sp³-hybridized carbons (Fsp3) is 0.296. The van der Waals surface area contributed by atoms with Crippen LogP contribution < -0.4 is 15.2 Å². The zero-order valence-corrected chi connectivity index (χ0v) is 19.3. The Hall–Kier alpha value is -3.45. The largest absolute Gasteiger partial charge is 0.493 e. The second kappa shape index (κ2) is 10.2. The number of primary amides is 1. The van der Waals surface area contributed by atoms with E-state index in [0.29, 0.717) is 30.9 Å². The molecular formula is C27H28F2N2O3. The van der Waals surface area contributed by atoms with Gasteiger partial charge in [-0.1, -0.05) is 36.4 Å². The molecule has 178 valence electrons. The van der Waals surface area contributed by atoms with Crippen LogP contribution in [0.1, 0.15) is 40.8 Å². The van der Waals surface area contributed by atoms with E-state index in [1.165, 1.54) is 18.2 Å². The number of halogens is 2. The minimum atomic E-state index is -0.682. The third-order valence-corrected chi connectivity index (χ3v) is 6.49.